The highest BCUT2D eigenvalue weighted by Gasteiger charge is 2.24. The fraction of sp³-hybridized carbons (Fsp3) is 0.600. The fourth-order valence-electron chi connectivity index (χ4n) is 2.62. The Morgan fingerprint density at radius 2 is 2.18 bits per heavy atom. The molecule has 0 aliphatic carbocycles. The Balaban J connectivity index is 1.94. The lowest BCUT2D eigenvalue weighted by Gasteiger charge is -2.24. The van der Waals surface area contributed by atoms with Gasteiger partial charge in [-0.1, -0.05) is 37.3 Å². The van der Waals surface area contributed by atoms with Crippen LogP contribution in [0.5, 0.6) is 0 Å². The van der Waals surface area contributed by atoms with Gasteiger partial charge in [0.25, 0.3) is 0 Å². The van der Waals surface area contributed by atoms with Gasteiger partial charge in [-0.2, -0.15) is 0 Å². The highest BCUT2D eigenvalue weighted by atomic mass is 15.0. The van der Waals surface area contributed by atoms with Gasteiger partial charge in [0.2, 0.25) is 0 Å². The molecular formula is C15H24N2. The summed E-state index contributed by atoms with van der Waals surface area (Å²) < 4.78 is 0. The van der Waals surface area contributed by atoms with Crippen molar-refractivity contribution in [2.45, 2.75) is 32.2 Å². The van der Waals surface area contributed by atoms with Crippen molar-refractivity contribution in [3.8, 4) is 0 Å². The molecule has 1 aliphatic heterocycles. The molecule has 0 saturated carbocycles. The molecule has 2 N–H and O–H groups in total. The molecule has 2 unspecified atom stereocenters. The Bertz CT molecular complexity index is 304. The van der Waals surface area contributed by atoms with Gasteiger partial charge in [0.1, 0.15) is 0 Å². The van der Waals surface area contributed by atoms with Gasteiger partial charge >= 0.3 is 0 Å². The van der Waals surface area contributed by atoms with E-state index in [1.165, 1.54) is 31.5 Å². The Morgan fingerprint density at radius 3 is 2.82 bits per heavy atom. The van der Waals surface area contributed by atoms with Crippen LogP contribution in [0.15, 0.2) is 30.3 Å². The minimum atomic E-state index is 0.632. The van der Waals surface area contributed by atoms with Gasteiger partial charge in [-0.15, -0.1) is 0 Å². The molecule has 0 amide bonds. The van der Waals surface area contributed by atoms with E-state index >= 15 is 0 Å². The Labute approximate surface area is 105 Å². The minimum Gasteiger partial charge on any atom is -0.316 e. The Kier molecular flexibility index (Phi) is 5.02. The first kappa shape index (κ1) is 12.6. The highest BCUT2D eigenvalue weighted by Crippen LogP contribution is 2.17. The number of benzene rings is 1. The molecule has 2 rings (SSSR count). The zero-order valence-electron chi connectivity index (χ0n) is 10.8. The van der Waals surface area contributed by atoms with E-state index in [4.69, 9.17) is 0 Å². The lowest BCUT2D eigenvalue weighted by molar-refractivity contribution is 0.372. The van der Waals surface area contributed by atoms with E-state index < -0.39 is 0 Å². The van der Waals surface area contributed by atoms with Gasteiger partial charge in [-0.3, -0.25) is 0 Å². The maximum Gasteiger partial charge on any atom is 0.0148 e. The number of hydrogen-bond donors (Lipinski definition) is 2. The second-order valence-electron chi connectivity index (χ2n) is 5.00. The molecule has 1 aliphatic rings. The first-order valence-corrected chi connectivity index (χ1v) is 6.88. The first-order valence-electron chi connectivity index (χ1n) is 6.88. The van der Waals surface area contributed by atoms with E-state index in [2.05, 4.69) is 47.9 Å². The summed E-state index contributed by atoms with van der Waals surface area (Å²) in [7, 11) is 0. The highest BCUT2D eigenvalue weighted by molar-refractivity contribution is 5.16. The summed E-state index contributed by atoms with van der Waals surface area (Å²) in [5.74, 6) is 0.793. The van der Waals surface area contributed by atoms with Crippen molar-refractivity contribution in [2.75, 3.05) is 19.6 Å². The van der Waals surface area contributed by atoms with Crippen LogP contribution >= 0.6 is 0 Å². The largest absolute Gasteiger partial charge is 0.316 e. The molecule has 17 heavy (non-hydrogen) atoms. The summed E-state index contributed by atoms with van der Waals surface area (Å²) in [4.78, 5) is 0. The van der Waals surface area contributed by atoms with Gasteiger partial charge < -0.3 is 10.6 Å². The van der Waals surface area contributed by atoms with Crippen LogP contribution in [-0.2, 0) is 6.42 Å². The molecule has 0 bridgehead atoms. The maximum atomic E-state index is 3.72. The molecule has 1 saturated heterocycles. The number of rotatable bonds is 6. The van der Waals surface area contributed by atoms with Gasteiger partial charge in [0.05, 0.1) is 0 Å². The maximum absolute atomic E-state index is 3.72. The molecular weight excluding hydrogens is 208 g/mol. The van der Waals surface area contributed by atoms with E-state index in [1.54, 1.807) is 0 Å². The van der Waals surface area contributed by atoms with E-state index in [9.17, 15) is 0 Å². The van der Waals surface area contributed by atoms with Crippen LogP contribution in [0, 0.1) is 5.92 Å². The topological polar surface area (TPSA) is 24.1 Å². The smallest absolute Gasteiger partial charge is 0.0148 e. The van der Waals surface area contributed by atoms with Gasteiger partial charge in [0.15, 0.2) is 0 Å². The molecule has 0 aromatic heterocycles. The lowest BCUT2D eigenvalue weighted by atomic mass is 9.92. The predicted octanol–water partition coefficient (Wildman–Crippen LogP) is 2.21. The molecule has 2 nitrogen and oxygen atoms in total. The van der Waals surface area contributed by atoms with E-state index in [0.29, 0.717) is 6.04 Å². The molecule has 2 heteroatoms. The van der Waals surface area contributed by atoms with E-state index in [0.717, 1.165) is 18.9 Å². The SMILES string of the molecule is CCCNC(Cc1ccccc1)C1CCNC1. The molecule has 0 spiro atoms. The van der Waals surface area contributed by atoms with E-state index in [-0.39, 0.29) is 0 Å². The van der Waals surface area contributed by atoms with Crippen molar-refractivity contribution in [1.82, 2.24) is 10.6 Å². The second kappa shape index (κ2) is 6.77. The summed E-state index contributed by atoms with van der Waals surface area (Å²) in [6, 6.07) is 11.5. The third kappa shape index (κ3) is 3.83. The molecule has 2 atom stereocenters. The number of hydrogen-bond acceptors (Lipinski definition) is 2. The van der Waals surface area contributed by atoms with Crippen LogP contribution in [0.25, 0.3) is 0 Å². The zero-order chi connectivity index (χ0) is 11.9. The summed E-state index contributed by atoms with van der Waals surface area (Å²) in [5.41, 5.74) is 1.45. The second-order valence-corrected chi connectivity index (χ2v) is 5.00. The van der Waals surface area contributed by atoms with Crippen LogP contribution in [-0.4, -0.2) is 25.7 Å². The van der Waals surface area contributed by atoms with Crippen molar-refractivity contribution in [1.29, 1.82) is 0 Å². The molecule has 94 valence electrons. The van der Waals surface area contributed by atoms with Crippen LogP contribution in [0.1, 0.15) is 25.3 Å². The number of nitrogens with one attached hydrogen (secondary N) is 2. The molecule has 1 aromatic carbocycles. The lowest BCUT2D eigenvalue weighted by Crippen LogP contribution is -2.39. The van der Waals surface area contributed by atoms with Crippen LogP contribution in [0.2, 0.25) is 0 Å². The monoisotopic (exact) mass is 232 g/mol. The van der Waals surface area contributed by atoms with Gasteiger partial charge in [-0.25, -0.2) is 0 Å². The van der Waals surface area contributed by atoms with Gasteiger partial charge in [0, 0.05) is 6.04 Å². The van der Waals surface area contributed by atoms with Crippen LogP contribution in [0.4, 0.5) is 0 Å². The summed E-state index contributed by atoms with van der Waals surface area (Å²) >= 11 is 0. The molecule has 1 heterocycles. The van der Waals surface area contributed by atoms with Crippen molar-refractivity contribution < 1.29 is 0 Å². The van der Waals surface area contributed by atoms with Gasteiger partial charge in [-0.05, 0) is 50.4 Å². The normalized spacial score (nSPS) is 21.6. The average Bonchev–Trinajstić information content (AvgIpc) is 2.89. The predicted molar refractivity (Wildman–Crippen MR) is 73.2 cm³/mol. The summed E-state index contributed by atoms with van der Waals surface area (Å²) in [5, 5.41) is 7.19. The first-order chi connectivity index (χ1) is 8.40. The Morgan fingerprint density at radius 1 is 1.35 bits per heavy atom. The zero-order valence-corrected chi connectivity index (χ0v) is 10.8. The Hall–Kier alpha value is -0.860. The third-order valence-electron chi connectivity index (χ3n) is 3.62. The minimum absolute atomic E-state index is 0.632. The third-order valence-corrected chi connectivity index (χ3v) is 3.62. The molecule has 1 aromatic rings. The van der Waals surface area contributed by atoms with E-state index in [1.807, 2.05) is 0 Å². The molecule has 1 fully saturated rings. The van der Waals surface area contributed by atoms with Crippen molar-refractivity contribution in [3.63, 3.8) is 0 Å². The van der Waals surface area contributed by atoms with Crippen LogP contribution in [0.3, 0.4) is 0 Å². The fourth-order valence-corrected chi connectivity index (χ4v) is 2.62. The summed E-state index contributed by atoms with van der Waals surface area (Å²) in [6.45, 7) is 5.73. The quantitative estimate of drug-likeness (QED) is 0.786. The standard InChI is InChI=1S/C15H24N2/c1-2-9-17-15(14-8-10-16-12-14)11-13-6-4-3-5-7-13/h3-7,14-17H,2,8-12H2,1H3. The van der Waals surface area contributed by atoms with Crippen molar-refractivity contribution in [2.24, 2.45) is 5.92 Å². The van der Waals surface area contributed by atoms with Crippen molar-refractivity contribution >= 4 is 0 Å². The average molecular weight is 232 g/mol. The van der Waals surface area contributed by atoms with Crippen LogP contribution < -0.4 is 10.6 Å². The van der Waals surface area contributed by atoms with Crippen molar-refractivity contribution in [3.05, 3.63) is 35.9 Å². The molecule has 0 radical (unpaired) electrons. The summed E-state index contributed by atoms with van der Waals surface area (Å²) in [6.07, 6.45) is 3.69.